The van der Waals surface area contributed by atoms with Crippen LogP contribution in [0.3, 0.4) is 0 Å². The van der Waals surface area contributed by atoms with E-state index in [-0.39, 0.29) is 0 Å². The number of thioether (sulfide) groups is 1. The topological polar surface area (TPSA) is 79.5 Å². The molecule has 4 N–H and O–H groups in total. The first kappa shape index (κ1) is 18.4. The number of benzene rings is 1. The molecule has 0 aliphatic carbocycles. The van der Waals surface area contributed by atoms with Crippen LogP contribution in [-0.2, 0) is 6.54 Å². The Morgan fingerprint density at radius 3 is 2.82 bits per heavy atom. The van der Waals surface area contributed by atoms with Crippen molar-refractivity contribution in [3.8, 4) is 0 Å². The Balaban J connectivity index is 2.54. The predicted molar refractivity (Wildman–Crippen MR) is 95.4 cm³/mol. The summed E-state index contributed by atoms with van der Waals surface area (Å²) >= 11 is 1.87. The molecule has 1 aromatic rings. The van der Waals surface area contributed by atoms with Gasteiger partial charge in [-0.25, -0.2) is 4.99 Å². The molecule has 0 unspecified atom stereocenters. The molecule has 1 rings (SSSR count). The summed E-state index contributed by atoms with van der Waals surface area (Å²) in [7, 11) is 0. The number of primary amides is 1. The fraction of sp³-hybridized carbons (Fsp3) is 0.500. The van der Waals surface area contributed by atoms with Gasteiger partial charge >= 0.3 is 0 Å². The summed E-state index contributed by atoms with van der Waals surface area (Å²) in [5, 5.41) is 6.55. The van der Waals surface area contributed by atoms with Crippen molar-refractivity contribution < 1.29 is 4.79 Å². The van der Waals surface area contributed by atoms with Gasteiger partial charge < -0.3 is 16.4 Å². The monoisotopic (exact) mass is 322 g/mol. The Morgan fingerprint density at radius 1 is 1.32 bits per heavy atom. The molecule has 0 saturated heterocycles. The van der Waals surface area contributed by atoms with Crippen molar-refractivity contribution in [2.45, 2.75) is 26.3 Å². The molecule has 0 saturated carbocycles. The van der Waals surface area contributed by atoms with Gasteiger partial charge in [0.2, 0.25) is 5.91 Å². The van der Waals surface area contributed by atoms with E-state index < -0.39 is 5.91 Å². The molecule has 0 aliphatic heterocycles. The molecule has 22 heavy (non-hydrogen) atoms. The number of nitrogens with two attached hydrogens (primary N) is 1. The smallest absolute Gasteiger partial charge is 0.248 e. The van der Waals surface area contributed by atoms with Crippen molar-refractivity contribution in [2.24, 2.45) is 10.7 Å². The molecule has 0 fully saturated rings. The zero-order valence-electron chi connectivity index (χ0n) is 13.4. The van der Waals surface area contributed by atoms with Gasteiger partial charge in [0.25, 0.3) is 0 Å². The Bertz CT molecular complexity index is 491. The van der Waals surface area contributed by atoms with Crippen LogP contribution >= 0.6 is 11.8 Å². The normalized spacial score (nSPS) is 11.3. The maximum absolute atomic E-state index is 11.2. The number of carbonyl (C=O) groups is 1. The molecule has 5 nitrogen and oxygen atoms in total. The first-order valence-corrected chi connectivity index (χ1v) is 8.96. The fourth-order valence-corrected chi connectivity index (χ4v) is 2.41. The number of carbonyl (C=O) groups excluding carboxylic acids is 1. The van der Waals surface area contributed by atoms with Gasteiger partial charge in [-0.1, -0.05) is 12.1 Å². The average Bonchev–Trinajstić information content (AvgIpc) is 2.52. The zero-order chi connectivity index (χ0) is 16.2. The summed E-state index contributed by atoms with van der Waals surface area (Å²) in [5.74, 6) is 1.58. The van der Waals surface area contributed by atoms with E-state index in [1.807, 2.05) is 30.8 Å². The number of guanidine groups is 1. The number of nitrogens with one attached hydrogen (secondary N) is 2. The molecule has 0 aromatic heterocycles. The third kappa shape index (κ3) is 7.36. The molecular formula is C16H26N4OS. The molecule has 0 heterocycles. The van der Waals surface area contributed by atoms with Gasteiger partial charge in [0.05, 0.1) is 6.54 Å². The fourth-order valence-electron chi connectivity index (χ4n) is 1.91. The number of aliphatic imine (C=N–C) groups is 1. The van der Waals surface area contributed by atoms with Gasteiger partial charge in [-0.15, -0.1) is 0 Å². The highest BCUT2D eigenvalue weighted by Crippen LogP contribution is 2.06. The zero-order valence-corrected chi connectivity index (χ0v) is 14.2. The molecule has 1 amide bonds. The number of nitrogens with zero attached hydrogens (tertiary/aromatic N) is 1. The second kappa shape index (κ2) is 11.0. The van der Waals surface area contributed by atoms with Crippen LogP contribution < -0.4 is 16.4 Å². The molecule has 0 spiro atoms. The quantitative estimate of drug-likeness (QED) is 0.369. The van der Waals surface area contributed by atoms with Crippen LogP contribution in [-0.4, -0.2) is 37.0 Å². The number of unbranched alkanes of at least 4 members (excludes halogenated alkanes) is 1. The second-order valence-corrected chi connectivity index (χ2v) is 5.87. The Labute approximate surface area is 137 Å². The highest BCUT2D eigenvalue weighted by atomic mass is 32.2. The summed E-state index contributed by atoms with van der Waals surface area (Å²) in [5.41, 5.74) is 6.78. The van der Waals surface area contributed by atoms with E-state index in [0.717, 1.165) is 31.0 Å². The van der Waals surface area contributed by atoms with E-state index >= 15 is 0 Å². The first-order valence-electron chi connectivity index (χ1n) is 7.57. The van der Waals surface area contributed by atoms with Gasteiger partial charge in [-0.05, 0) is 49.5 Å². The van der Waals surface area contributed by atoms with Gasteiger partial charge in [0, 0.05) is 18.7 Å². The highest BCUT2D eigenvalue weighted by molar-refractivity contribution is 7.98. The van der Waals surface area contributed by atoms with E-state index in [2.05, 4.69) is 21.9 Å². The lowest BCUT2D eigenvalue weighted by Gasteiger charge is -2.11. The van der Waals surface area contributed by atoms with E-state index in [1.165, 1.54) is 12.2 Å². The van der Waals surface area contributed by atoms with Crippen molar-refractivity contribution in [3.63, 3.8) is 0 Å². The summed E-state index contributed by atoms with van der Waals surface area (Å²) in [4.78, 5) is 15.7. The van der Waals surface area contributed by atoms with E-state index in [0.29, 0.717) is 12.1 Å². The SMILES string of the molecule is CCNC(=NCc1cccc(C(N)=O)c1)NCCCCSC. The van der Waals surface area contributed by atoms with Crippen LogP contribution in [0.4, 0.5) is 0 Å². The largest absolute Gasteiger partial charge is 0.366 e. The van der Waals surface area contributed by atoms with Gasteiger partial charge in [-0.3, -0.25) is 4.79 Å². The van der Waals surface area contributed by atoms with Crippen LogP contribution in [0.15, 0.2) is 29.3 Å². The second-order valence-electron chi connectivity index (χ2n) is 4.89. The minimum absolute atomic E-state index is 0.412. The van der Waals surface area contributed by atoms with Crippen molar-refractivity contribution >= 4 is 23.6 Å². The molecule has 1 aromatic carbocycles. The van der Waals surface area contributed by atoms with Gasteiger partial charge in [0.1, 0.15) is 0 Å². The summed E-state index contributed by atoms with van der Waals surface area (Å²) in [6.45, 7) is 4.28. The third-order valence-electron chi connectivity index (χ3n) is 3.04. The van der Waals surface area contributed by atoms with Crippen LogP contribution in [0.25, 0.3) is 0 Å². The Morgan fingerprint density at radius 2 is 2.14 bits per heavy atom. The van der Waals surface area contributed by atoms with E-state index in [4.69, 9.17) is 5.73 Å². The minimum Gasteiger partial charge on any atom is -0.366 e. The first-order chi connectivity index (χ1) is 10.7. The average molecular weight is 322 g/mol. The van der Waals surface area contributed by atoms with Crippen molar-refractivity contribution in [1.82, 2.24) is 10.6 Å². The van der Waals surface area contributed by atoms with Crippen LogP contribution in [0, 0.1) is 0 Å². The molecular weight excluding hydrogens is 296 g/mol. The Kier molecular flexibility index (Phi) is 9.14. The van der Waals surface area contributed by atoms with Crippen LogP contribution in [0.2, 0.25) is 0 Å². The van der Waals surface area contributed by atoms with Gasteiger partial charge in [0.15, 0.2) is 5.96 Å². The number of amides is 1. The predicted octanol–water partition coefficient (Wildman–Crippen LogP) is 1.98. The summed E-state index contributed by atoms with van der Waals surface area (Å²) < 4.78 is 0. The lowest BCUT2D eigenvalue weighted by molar-refractivity contribution is 0.1000. The number of hydrogen-bond donors (Lipinski definition) is 3. The molecule has 0 bridgehead atoms. The molecule has 122 valence electrons. The molecule has 0 atom stereocenters. The number of rotatable bonds is 9. The van der Waals surface area contributed by atoms with Crippen molar-refractivity contribution in [3.05, 3.63) is 35.4 Å². The maximum atomic E-state index is 11.2. The summed E-state index contributed by atoms with van der Waals surface area (Å²) in [6.07, 6.45) is 4.45. The molecule has 6 heteroatoms. The third-order valence-corrected chi connectivity index (χ3v) is 3.74. The van der Waals surface area contributed by atoms with E-state index in [1.54, 1.807) is 12.1 Å². The van der Waals surface area contributed by atoms with E-state index in [9.17, 15) is 4.79 Å². The van der Waals surface area contributed by atoms with Crippen molar-refractivity contribution in [2.75, 3.05) is 25.1 Å². The minimum atomic E-state index is -0.412. The van der Waals surface area contributed by atoms with Crippen LogP contribution in [0.1, 0.15) is 35.7 Å². The van der Waals surface area contributed by atoms with Crippen molar-refractivity contribution in [1.29, 1.82) is 0 Å². The lowest BCUT2D eigenvalue weighted by atomic mass is 10.1. The highest BCUT2D eigenvalue weighted by Gasteiger charge is 2.02. The summed E-state index contributed by atoms with van der Waals surface area (Å²) in [6, 6.07) is 7.27. The standard InChI is InChI=1S/C16H26N4OS/c1-3-18-16(19-9-4-5-10-22-2)20-12-13-7-6-8-14(11-13)15(17)21/h6-8,11H,3-5,9-10,12H2,1-2H3,(H2,17,21)(H2,18,19,20). The van der Waals surface area contributed by atoms with Crippen LogP contribution in [0.5, 0.6) is 0 Å². The Hall–Kier alpha value is -1.69. The van der Waals surface area contributed by atoms with Gasteiger partial charge in [-0.2, -0.15) is 11.8 Å². The molecule has 0 radical (unpaired) electrons. The molecule has 0 aliphatic rings. The number of hydrogen-bond acceptors (Lipinski definition) is 3. The maximum Gasteiger partial charge on any atom is 0.248 e. The lowest BCUT2D eigenvalue weighted by Crippen LogP contribution is -2.37.